The maximum Gasteiger partial charge on any atom is 0.407 e. The largest absolute Gasteiger partial charge is 0.444 e. The van der Waals surface area contributed by atoms with Gasteiger partial charge in [0, 0.05) is 23.1 Å². The molecule has 1 aliphatic carbocycles. The summed E-state index contributed by atoms with van der Waals surface area (Å²) in [4.78, 5) is 13.2. The van der Waals surface area contributed by atoms with E-state index in [1.807, 2.05) is 39.0 Å². The van der Waals surface area contributed by atoms with Crippen LogP contribution >= 0.6 is 10.6 Å². The highest BCUT2D eigenvalue weighted by atomic mass is 32.3. The van der Waals surface area contributed by atoms with Gasteiger partial charge in [-0.25, -0.2) is 4.79 Å². The van der Waals surface area contributed by atoms with Gasteiger partial charge in [0.2, 0.25) is 0 Å². The molecule has 1 aliphatic rings. The van der Waals surface area contributed by atoms with E-state index in [0.717, 1.165) is 24.8 Å². The number of nitriles is 1. The minimum Gasteiger partial charge on any atom is -0.444 e. The summed E-state index contributed by atoms with van der Waals surface area (Å²) >= 11 is 0. The minimum absolute atomic E-state index is 0.193. The van der Waals surface area contributed by atoms with Gasteiger partial charge in [0.25, 0.3) is 0 Å². The van der Waals surface area contributed by atoms with Crippen molar-refractivity contribution in [3.8, 4) is 6.07 Å². The predicted molar refractivity (Wildman–Crippen MR) is 119 cm³/mol. The number of amides is 1. The van der Waals surface area contributed by atoms with Crippen molar-refractivity contribution >= 4 is 16.7 Å². The number of benzene rings is 2. The maximum absolute atomic E-state index is 12.0. The van der Waals surface area contributed by atoms with Crippen molar-refractivity contribution in [1.29, 1.82) is 5.26 Å². The Morgan fingerprint density at radius 2 is 1.97 bits per heavy atom. The molecule has 0 saturated heterocycles. The highest BCUT2D eigenvalue weighted by Gasteiger charge is 2.30. The molecule has 160 valence electrons. The lowest BCUT2D eigenvalue weighted by Crippen LogP contribution is -2.35. The second-order valence-electron chi connectivity index (χ2n) is 8.58. The van der Waals surface area contributed by atoms with Crippen molar-refractivity contribution < 1.29 is 18.6 Å². The molecule has 0 saturated carbocycles. The first-order chi connectivity index (χ1) is 14.1. The van der Waals surface area contributed by atoms with Crippen LogP contribution in [0.1, 0.15) is 56.2 Å². The van der Waals surface area contributed by atoms with Crippen molar-refractivity contribution in [3.05, 3.63) is 59.2 Å². The summed E-state index contributed by atoms with van der Waals surface area (Å²) < 4.78 is 22.8. The van der Waals surface area contributed by atoms with Crippen LogP contribution in [0.4, 0.5) is 4.79 Å². The van der Waals surface area contributed by atoms with Crippen LogP contribution in [0.25, 0.3) is 0 Å². The molecule has 1 amide bonds. The molecule has 0 aromatic heterocycles. The van der Waals surface area contributed by atoms with E-state index in [1.165, 1.54) is 5.56 Å². The Hall–Kier alpha value is -2.53. The highest BCUT2D eigenvalue weighted by Crippen LogP contribution is 2.56. The summed E-state index contributed by atoms with van der Waals surface area (Å²) in [6.07, 6.45) is 2.47. The van der Waals surface area contributed by atoms with Gasteiger partial charge in [0.05, 0.1) is 11.6 Å². The quantitative estimate of drug-likeness (QED) is 0.740. The highest BCUT2D eigenvalue weighted by molar-refractivity contribution is 8.24. The van der Waals surface area contributed by atoms with Crippen molar-refractivity contribution in [2.75, 3.05) is 6.54 Å². The van der Waals surface area contributed by atoms with Crippen molar-refractivity contribution in [1.82, 2.24) is 5.32 Å². The van der Waals surface area contributed by atoms with Gasteiger partial charge in [-0.3, -0.25) is 9.11 Å². The summed E-state index contributed by atoms with van der Waals surface area (Å²) in [5.74, 6) is 0.193. The second-order valence-corrected chi connectivity index (χ2v) is 10.8. The van der Waals surface area contributed by atoms with E-state index in [0.29, 0.717) is 21.9 Å². The van der Waals surface area contributed by atoms with Crippen LogP contribution < -0.4 is 5.32 Å². The first-order valence-corrected chi connectivity index (χ1v) is 11.7. The molecular weight excluding hydrogens is 400 g/mol. The minimum atomic E-state index is -2.71. The van der Waals surface area contributed by atoms with E-state index < -0.39 is 22.3 Å². The van der Waals surface area contributed by atoms with Gasteiger partial charge in [-0.1, -0.05) is 12.1 Å². The number of nitrogens with zero attached hydrogens (tertiary/aromatic N) is 1. The standard InChI is InChI=1S/C23H28N2O4S/c1-23(2,3)29-22(26)25-15-18-8-5-7-17-13-20(10-11-21(17)18)30(27,28)19-9-4-6-16(12-19)14-24/h4,6,9-13,18,27-28H,5,7-8,15H2,1-3H3,(H,25,26)/p+2/t18-/m0/s1. The lowest BCUT2D eigenvalue weighted by molar-refractivity contribution is 0.0523. The van der Waals surface area contributed by atoms with Crippen LogP contribution in [0, 0.1) is 11.3 Å². The summed E-state index contributed by atoms with van der Waals surface area (Å²) in [6, 6.07) is 14.7. The van der Waals surface area contributed by atoms with Gasteiger partial charge < -0.3 is 10.1 Å². The van der Waals surface area contributed by atoms with E-state index in [1.54, 1.807) is 24.3 Å². The zero-order chi connectivity index (χ0) is 21.9. The lowest BCUT2D eigenvalue weighted by Gasteiger charge is -2.29. The Morgan fingerprint density at radius 1 is 1.23 bits per heavy atom. The number of carbonyl (C=O) groups excluding carboxylic acids is 1. The Kier molecular flexibility index (Phi) is 6.41. The van der Waals surface area contributed by atoms with Gasteiger partial charge in [-0.15, -0.1) is 0 Å². The average molecular weight is 431 g/mol. The van der Waals surface area contributed by atoms with Crippen LogP contribution in [0.15, 0.2) is 52.3 Å². The number of rotatable bonds is 4. The number of carbonyl (C=O) groups is 1. The molecule has 2 aromatic rings. The number of nitrogens with one attached hydrogen (secondary N) is 1. The summed E-state index contributed by atoms with van der Waals surface area (Å²) in [5, 5.41) is 12.0. The predicted octanol–water partition coefficient (Wildman–Crippen LogP) is 4.00. The van der Waals surface area contributed by atoms with Gasteiger partial charge >= 0.3 is 6.09 Å². The van der Waals surface area contributed by atoms with Gasteiger partial charge in [0.15, 0.2) is 9.79 Å². The van der Waals surface area contributed by atoms with E-state index in [9.17, 15) is 4.79 Å². The molecule has 0 bridgehead atoms. The third-order valence-corrected chi connectivity index (χ3v) is 7.04. The molecule has 7 heteroatoms. The van der Waals surface area contributed by atoms with Crippen LogP contribution in [-0.4, -0.2) is 27.3 Å². The molecule has 3 rings (SSSR count). The number of hydrogen-bond donors (Lipinski definition) is 1. The fourth-order valence-electron chi connectivity index (χ4n) is 3.71. The number of ether oxygens (including phenoxy) is 1. The Balaban J connectivity index is 1.79. The smallest absolute Gasteiger partial charge is 0.407 e. The molecule has 30 heavy (non-hydrogen) atoms. The third-order valence-electron chi connectivity index (χ3n) is 5.11. The number of aryl methyl sites for hydroxylation is 1. The number of hydrogen-bond acceptors (Lipinski definition) is 3. The normalized spacial score (nSPS) is 16.9. The summed E-state index contributed by atoms with van der Waals surface area (Å²) in [6.45, 7) is 6.02. The topological polar surface area (TPSA) is 108 Å². The molecule has 0 unspecified atom stereocenters. The SMILES string of the molecule is CC(C)(C)OC(=O)NC[C@@H]1CCCc2cc(S([OH2+])([OH2+])c3cccc(C#N)c3)ccc21. The Labute approximate surface area is 179 Å². The van der Waals surface area contributed by atoms with Gasteiger partial charge in [-0.05, 0) is 81.5 Å². The van der Waals surface area contributed by atoms with Gasteiger partial charge in [-0.2, -0.15) is 5.26 Å². The maximum atomic E-state index is 12.0. The molecule has 6 nitrogen and oxygen atoms in total. The van der Waals surface area contributed by atoms with E-state index >= 15 is 0 Å². The van der Waals surface area contributed by atoms with Crippen LogP contribution in [0.3, 0.4) is 0 Å². The van der Waals surface area contributed by atoms with Crippen LogP contribution in [-0.2, 0) is 11.2 Å². The van der Waals surface area contributed by atoms with E-state index in [-0.39, 0.29) is 5.92 Å². The molecule has 1 atom stereocenters. The van der Waals surface area contributed by atoms with Crippen molar-refractivity contribution in [2.45, 2.75) is 61.3 Å². The number of alkyl carbamates (subject to hydrolysis) is 1. The van der Waals surface area contributed by atoms with E-state index in [2.05, 4.69) is 11.4 Å². The fourth-order valence-corrected chi connectivity index (χ4v) is 5.16. The van der Waals surface area contributed by atoms with E-state index in [4.69, 9.17) is 19.1 Å². The molecule has 5 N–H and O–H groups in total. The molecule has 0 spiro atoms. The monoisotopic (exact) mass is 430 g/mol. The molecule has 0 heterocycles. The molecule has 0 radical (unpaired) electrons. The molecular formula is C23H30N2O4S+2. The summed E-state index contributed by atoms with van der Waals surface area (Å²) in [5.41, 5.74) is 2.25. The lowest BCUT2D eigenvalue weighted by atomic mass is 9.83. The van der Waals surface area contributed by atoms with Crippen molar-refractivity contribution in [2.24, 2.45) is 0 Å². The van der Waals surface area contributed by atoms with Crippen LogP contribution in [0.2, 0.25) is 0 Å². The van der Waals surface area contributed by atoms with Crippen LogP contribution in [0.5, 0.6) is 0 Å². The summed E-state index contributed by atoms with van der Waals surface area (Å²) in [7, 11) is -2.71. The zero-order valence-electron chi connectivity index (χ0n) is 17.6. The zero-order valence-corrected chi connectivity index (χ0v) is 18.4. The molecule has 0 fully saturated rings. The average Bonchev–Trinajstić information content (AvgIpc) is 2.70. The van der Waals surface area contributed by atoms with Gasteiger partial charge in [0.1, 0.15) is 5.60 Å². The first-order valence-electron chi connectivity index (χ1n) is 10.0. The van der Waals surface area contributed by atoms with Crippen molar-refractivity contribution in [3.63, 3.8) is 0 Å². The first kappa shape index (κ1) is 22.2. The third kappa shape index (κ3) is 5.14. The number of fused-ring (bicyclic) bond motifs is 1. The second kappa shape index (κ2) is 8.68. The Bertz CT molecular complexity index is 976. The fraction of sp³-hybridized carbons (Fsp3) is 0.391. The molecule has 2 aromatic carbocycles. The molecule has 0 aliphatic heterocycles. The Morgan fingerprint density at radius 3 is 2.67 bits per heavy atom.